The van der Waals surface area contributed by atoms with Gasteiger partial charge in [-0.15, -0.1) is 6.42 Å². The van der Waals surface area contributed by atoms with Crippen LogP contribution >= 0.6 is 22.4 Å². The lowest BCUT2D eigenvalue weighted by Crippen LogP contribution is -2.54. The number of ether oxygens (including phenoxy) is 1. The summed E-state index contributed by atoms with van der Waals surface area (Å²) in [5.41, 5.74) is -2.38. The van der Waals surface area contributed by atoms with Crippen LogP contribution in [0.5, 0.6) is 0 Å². The Morgan fingerprint density at radius 2 is 1.97 bits per heavy atom. The minimum absolute atomic E-state index is 0.0497. The van der Waals surface area contributed by atoms with Gasteiger partial charge in [-0.2, -0.15) is 4.31 Å². The molecule has 0 spiro atoms. The zero-order chi connectivity index (χ0) is 23.8. The Morgan fingerprint density at radius 1 is 1.35 bits per heavy atom. The zero-order valence-corrected chi connectivity index (χ0v) is 18.6. The van der Waals surface area contributed by atoms with Gasteiger partial charge in [0.1, 0.15) is 18.0 Å². The number of hydrogen-bond donors (Lipinski definition) is 7. The minimum Gasteiger partial charge on any atom is -0.386 e. The zero-order valence-electron chi connectivity index (χ0n) is 15.1. The van der Waals surface area contributed by atoms with E-state index in [2.05, 4.69) is 32.3 Å². The Bertz CT molecular complexity index is 975. The first kappa shape index (κ1) is 26.3. The average Bonchev–Trinajstić information content (AvgIpc) is 2.82. The minimum atomic E-state index is -5.54. The molecular weight excluding hydrogens is 505 g/mol. The summed E-state index contributed by atoms with van der Waals surface area (Å²) in [6.45, 7) is -1.98. The van der Waals surface area contributed by atoms with Gasteiger partial charge >= 0.3 is 22.4 Å². The maximum atomic E-state index is 11.5. The van der Waals surface area contributed by atoms with Gasteiger partial charge in [-0.25, -0.2) is 13.4 Å². The van der Waals surface area contributed by atoms with Crippen molar-refractivity contribution in [3.63, 3.8) is 0 Å². The molecule has 6 atom stereocenters. The van der Waals surface area contributed by atoms with Crippen molar-refractivity contribution in [3.8, 4) is 12.3 Å². The first-order chi connectivity index (χ1) is 14.0. The molecule has 174 valence electrons. The van der Waals surface area contributed by atoms with Crippen molar-refractivity contribution < 1.29 is 61.6 Å². The van der Waals surface area contributed by atoms with Gasteiger partial charge in [-0.1, -0.05) is 12.5 Å². The number of terminal acetylenes is 1. The van der Waals surface area contributed by atoms with Gasteiger partial charge in [-0.05, 0) is 11.8 Å². The highest BCUT2D eigenvalue weighted by Gasteiger charge is 2.57. The second kappa shape index (κ2) is 9.11. The SMILES string of the molecule is C#C[C@@]1(O)[C@H](O)[C@@H](COP(O)(=S)OP(=O)(O)OP(=O)(O)O)O[C@H]1N1C=CC(=O)NC1=C. The van der Waals surface area contributed by atoms with E-state index in [0.29, 0.717) is 0 Å². The predicted octanol–water partition coefficient (Wildman–Crippen LogP) is -1.69. The Hall–Kier alpha value is -0.980. The maximum absolute atomic E-state index is 11.5. The third-order valence-electron chi connectivity index (χ3n) is 3.75. The number of carbonyl (C=O) groups excluding carboxylic acids is 1. The van der Waals surface area contributed by atoms with Crippen molar-refractivity contribution in [3.05, 3.63) is 24.7 Å². The number of hydrogen-bond acceptors (Lipinski definition) is 11. The van der Waals surface area contributed by atoms with E-state index in [1.54, 1.807) is 0 Å². The molecule has 1 saturated heterocycles. The lowest BCUT2D eigenvalue weighted by Gasteiger charge is -2.36. The monoisotopic (exact) mass is 522 g/mol. The van der Waals surface area contributed by atoms with E-state index in [-0.39, 0.29) is 5.82 Å². The van der Waals surface area contributed by atoms with Gasteiger partial charge < -0.3 is 49.3 Å². The van der Waals surface area contributed by atoms with Gasteiger partial charge in [-0.3, -0.25) is 4.79 Å². The third kappa shape index (κ3) is 6.52. The second-order valence-corrected chi connectivity index (χ2v) is 11.8. The van der Waals surface area contributed by atoms with Gasteiger partial charge in [0.05, 0.1) is 6.61 Å². The summed E-state index contributed by atoms with van der Waals surface area (Å²) >= 11 is 4.46. The van der Waals surface area contributed by atoms with E-state index < -0.39 is 58.9 Å². The van der Waals surface area contributed by atoms with Gasteiger partial charge in [0.2, 0.25) is 0 Å². The molecule has 0 aromatic carbocycles. The van der Waals surface area contributed by atoms with Crippen LogP contribution in [-0.4, -0.2) is 71.2 Å². The highest BCUT2D eigenvalue weighted by atomic mass is 32.5. The van der Waals surface area contributed by atoms with Crippen LogP contribution in [0.2, 0.25) is 0 Å². The summed E-state index contributed by atoms with van der Waals surface area (Å²) in [4.78, 5) is 48.7. The fourth-order valence-electron chi connectivity index (χ4n) is 2.51. The molecule has 7 N–H and O–H groups in total. The molecule has 2 heterocycles. The van der Waals surface area contributed by atoms with Crippen molar-refractivity contribution in [2.45, 2.75) is 24.0 Å². The van der Waals surface area contributed by atoms with Gasteiger partial charge in [0.15, 0.2) is 11.8 Å². The Balaban J connectivity index is 2.13. The molecule has 0 aromatic heterocycles. The number of nitrogens with one attached hydrogen (secondary N) is 1. The largest absolute Gasteiger partial charge is 0.488 e. The van der Waals surface area contributed by atoms with Crippen LogP contribution in [0, 0.1) is 12.3 Å². The quantitative estimate of drug-likeness (QED) is 0.140. The van der Waals surface area contributed by atoms with Crippen LogP contribution in [0.25, 0.3) is 0 Å². The molecule has 15 nitrogen and oxygen atoms in total. The average molecular weight is 522 g/mol. The number of nitrogens with zero attached hydrogens (tertiary/aromatic N) is 1. The molecule has 2 aliphatic rings. The van der Waals surface area contributed by atoms with E-state index in [1.807, 2.05) is 5.92 Å². The van der Waals surface area contributed by atoms with E-state index in [0.717, 1.165) is 11.0 Å². The molecule has 2 aliphatic heterocycles. The first-order valence-corrected chi connectivity index (χ1v) is 13.4. The van der Waals surface area contributed by atoms with Gasteiger partial charge in [0, 0.05) is 12.3 Å². The molecule has 0 aromatic rings. The van der Waals surface area contributed by atoms with E-state index in [4.69, 9.17) is 25.5 Å². The maximum Gasteiger partial charge on any atom is 0.488 e. The molecule has 19 heteroatoms. The molecule has 0 saturated carbocycles. The molecular formula is C12H17N2O13P3S. The Morgan fingerprint density at radius 3 is 2.48 bits per heavy atom. The summed E-state index contributed by atoms with van der Waals surface area (Å²) in [6, 6.07) is 0. The summed E-state index contributed by atoms with van der Waals surface area (Å²) in [5.74, 6) is 1.38. The van der Waals surface area contributed by atoms with E-state index in [9.17, 15) is 33.9 Å². The highest BCUT2D eigenvalue weighted by Crippen LogP contribution is 2.66. The molecule has 0 bridgehead atoms. The van der Waals surface area contributed by atoms with E-state index in [1.165, 1.54) is 6.20 Å². The fraction of sp³-hybridized carbons (Fsp3) is 0.417. The van der Waals surface area contributed by atoms with Crippen LogP contribution in [0.1, 0.15) is 0 Å². The lowest BCUT2D eigenvalue weighted by atomic mass is 9.94. The van der Waals surface area contributed by atoms with Gasteiger partial charge in [0.25, 0.3) is 5.91 Å². The van der Waals surface area contributed by atoms with Crippen molar-refractivity contribution in [2.75, 3.05) is 6.61 Å². The number of aliphatic hydroxyl groups is 2. The second-order valence-electron chi connectivity index (χ2n) is 5.99. The summed E-state index contributed by atoms with van der Waals surface area (Å²) in [7, 11) is -11.0. The van der Waals surface area contributed by atoms with Crippen LogP contribution in [0.15, 0.2) is 24.7 Å². The highest BCUT2D eigenvalue weighted by molar-refractivity contribution is 8.08. The molecule has 1 amide bonds. The van der Waals surface area contributed by atoms with E-state index >= 15 is 0 Å². The fourth-order valence-corrected chi connectivity index (χ4v) is 6.49. The van der Waals surface area contributed by atoms with Crippen molar-refractivity contribution in [1.29, 1.82) is 0 Å². The van der Waals surface area contributed by atoms with Crippen LogP contribution < -0.4 is 5.32 Å². The van der Waals surface area contributed by atoms with Crippen molar-refractivity contribution >= 4 is 40.1 Å². The Kier molecular flexibility index (Phi) is 7.72. The number of aliphatic hydroxyl groups excluding tert-OH is 1. The lowest BCUT2D eigenvalue weighted by molar-refractivity contribution is -0.120. The summed E-state index contributed by atoms with van der Waals surface area (Å²) < 4.78 is 39.9. The third-order valence-corrected chi connectivity index (χ3v) is 8.47. The molecule has 1 fully saturated rings. The number of carbonyl (C=O) groups is 1. The smallest absolute Gasteiger partial charge is 0.386 e. The molecule has 2 unspecified atom stereocenters. The molecule has 31 heavy (non-hydrogen) atoms. The molecule has 2 rings (SSSR count). The number of rotatable bonds is 8. The van der Waals surface area contributed by atoms with Crippen LogP contribution in [0.3, 0.4) is 0 Å². The number of amides is 1. The van der Waals surface area contributed by atoms with Crippen LogP contribution in [0.4, 0.5) is 0 Å². The number of phosphoric acid groups is 2. The van der Waals surface area contributed by atoms with Crippen molar-refractivity contribution in [2.24, 2.45) is 0 Å². The first-order valence-electron chi connectivity index (χ1n) is 7.78. The van der Waals surface area contributed by atoms with Crippen molar-refractivity contribution in [1.82, 2.24) is 10.2 Å². The summed E-state index contributed by atoms with van der Waals surface area (Å²) in [6.07, 6.45) is 2.70. The molecule has 0 radical (unpaired) electrons. The normalized spacial score (nSPS) is 32.8. The Labute approximate surface area is 180 Å². The standard InChI is InChI=1S/C12H17N2O13P3S/c1-3-12(17)10(16)8(25-11(12)14-5-4-9(15)13-7(14)2)6-24-30(23,31)27-29(21,22)26-28(18,19)20/h1,4-5,8,10-11,16-17H,2,6H2,(H,13,15)(H,21,22)(H,23,31)(H2,18,19,20)/t8-,10-,11-,12-,30?/m1/s1. The predicted molar refractivity (Wildman–Crippen MR) is 103 cm³/mol. The topological polar surface area (TPSA) is 225 Å². The van der Waals surface area contributed by atoms with Crippen LogP contribution in [-0.2, 0) is 43.6 Å². The summed E-state index contributed by atoms with van der Waals surface area (Å²) in [5, 5.41) is 23.4. The molecule has 0 aliphatic carbocycles.